The molecule has 0 amide bonds. The Morgan fingerprint density at radius 2 is 2.23 bits per heavy atom. The highest BCUT2D eigenvalue weighted by Gasteiger charge is 2.40. The van der Waals surface area contributed by atoms with Gasteiger partial charge >= 0.3 is 0 Å². The minimum absolute atomic E-state index is 0.0236. The molecule has 1 spiro atoms. The van der Waals surface area contributed by atoms with Crippen LogP contribution < -0.4 is 5.32 Å². The Labute approximate surface area is 79.8 Å². The van der Waals surface area contributed by atoms with Crippen LogP contribution in [-0.2, 0) is 9.47 Å². The van der Waals surface area contributed by atoms with Gasteiger partial charge in [-0.2, -0.15) is 0 Å². The van der Waals surface area contributed by atoms with E-state index >= 15 is 0 Å². The predicted molar refractivity (Wildman–Crippen MR) is 50.8 cm³/mol. The highest BCUT2D eigenvalue weighted by Crippen LogP contribution is 2.28. The Balaban J connectivity index is 1.99. The molecule has 0 aromatic rings. The van der Waals surface area contributed by atoms with E-state index in [4.69, 9.17) is 9.47 Å². The van der Waals surface area contributed by atoms with Crippen molar-refractivity contribution in [3.8, 4) is 0 Å². The van der Waals surface area contributed by atoms with Crippen molar-refractivity contribution in [2.45, 2.75) is 44.4 Å². The van der Waals surface area contributed by atoms with E-state index in [1.54, 1.807) is 0 Å². The Morgan fingerprint density at radius 1 is 1.38 bits per heavy atom. The number of hydrogen-bond donors (Lipinski definition) is 1. The van der Waals surface area contributed by atoms with Gasteiger partial charge in [-0.1, -0.05) is 0 Å². The van der Waals surface area contributed by atoms with Gasteiger partial charge in [0.2, 0.25) is 0 Å². The number of morpholine rings is 1. The van der Waals surface area contributed by atoms with E-state index < -0.39 is 0 Å². The van der Waals surface area contributed by atoms with Gasteiger partial charge in [-0.15, -0.1) is 0 Å². The van der Waals surface area contributed by atoms with Gasteiger partial charge in [0.1, 0.15) is 5.60 Å². The minimum atomic E-state index is -0.0236. The monoisotopic (exact) mass is 185 g/mol. The fraction of sp³-hybridized carbons (Fsp3) is 1.00. The molecule has 2 rings (SSSR count). The molecule has 2 fully saturated rings. The zero-order valence-electron chi connectivity index (χ0n) is 8.51. The summed E-state index contributed by atoms with van der Waals surface area (Å²) >= 11 is 0. The van der Waals surface area contributed by atoms with Crippen LogP contribution in [0.5, 0.6) is 0 Å². The fourth-order valence-corrected chi connectivity index (χ4v) is 2.11. The molecule has 0 aliphatic carbocycles. The van der Waals surface area contributed by atoms with Crippen LogP contribution in [0.1, 0.15) is 26.7 Å². The van der Waals surface area contributed by atoms with Gasteiger partial charge in [0.25, 0.3) is 0 Å². The second-order valence-electron chi connectivity index (χ2n) is 4.33. The maximum absolute atomic E-state index is 6.04. The van der Waals surface area contributed by atoms with Crippen LogP contribution in [0.2, 0.25) is 0 Å². The summed E-state index contributed by atoms with van der Waals surface area (Å²) in [5, 5.41) is 3.49. The van der Waals surface area contributed by atoms with E-state index in [1.165, 1.54) is 0 Å². The smallest absolute Gasteiger partial charge is 0.104 e. The Bertz CT molecular complexity index is 178. The predicted octanol–water partition coefficient (Wildman–Crippen LogP) is 0.932. The molecule has 2 aliphatic rings. The summed E-state index contributed by atoms with van der Waals surface area (Å²) in [7, 11) is 0. The maximum atomic E-state index is 6.04. The summed E-state index contributed by atoms with van der Waals surface area (Å²) in [4.78, 5) is 0. The number of nitrogens with one attached hydrogen (secondary N) is 1. The molecule has 0 saturated carbocycles. The molecule has 0 aromatic heterocycles. The van der Waals surface area contributed by atoms with Crippen LogP contribution in [0.15, 0.2) is 0 Å². The molecular formula is C10H19NO2. The van der Waals surface area contributed by atoms with Crippen LogP contribution >= 0.6 is 0 Å². The average molecular weight is 185 g/mol. The molecule has 1 N–H and O–H groups in total. The highest BCUT2D eigenvalue weighted by atomic mass is 16.6. The van der Waals surface area contributed by atoms with Crippen LogP contribution in [0, 0.1) is 0 Å². The molecule has 0 radical (unpaired) electrons. The van der Waals surface area contributed by atoms with Crippen LogP contribution in [-0.4, -0.2) is 37.5 Å². The normalized spacial score (nSPS) is 46.6. The van der Waals surface area contributed by atoms with E-state index in [-0.39, 0.29) is 5.60 Å². The topological polar surface area (TPSA) is 30.5 Å². The van der Waals surface area contributed by atoms with E-state index in [2.05, 4.69) is 19.2 Å². The van der Waals surface area contributed by atoms with Crippen LogP contribution in [0.3, 0.4) is 0 Å². The molecule has 76 valence electrons. The van der Waals surface area contributed by atoms with Crippen molar-refractivity contribution >= 4 is 0 Å². The molecule has 0 aromatic carbocycles. The molecule has 3 atom stereocenters. The molecule has 0 bridgehead atoms. The van der Waals surface area contributed by atoms with Crippen molar-refractivity contribution in [3.63, 3.8) is 0 Å². The van der Waals surface area contributed by atoms with Gasteiger partial charge in [0.15, 0.2) is 0 Å². The standard InChI is InChI=1S/C10H19NO2/c1-8-9(2)13-10(6-11-8)4-3-5-12-7-10/h8-9,11H,3-7H2,1-2H3. The molecule has 3 heteroatoms. The fourth-order valence-electron chi connectivity index (χ4n) is 2.11. The van der Waals surface area contributed by atoms with Crippen molar-refractivity contribution in [3.05, 3.63) is 0 Å². The molecular weight excluding hydrogens is 166 g/mol. The Hall–Kier alpha value is -0.120. The Kier molecular flexibility index (Phi) is 2.58. The third-order valence-electron chi connectivity index (χ3n) is 3.17. The maximum Gasteiger partial charge on any atom is 0.104 e. The van der Waals surface area contributed by atoms with Crippen LogP contribution in [0.4, 0.5) is 0 Å². The summed E-state index contributed by atoms with van der Waals surface area (Å²) in [6, 6.07) is 0.465. The van der Waals surface area contributed by atoms with E-state index in [9.17, 15) is 0 Å². The minimum Gasteiger partial charge on any atom is -0.378 e. The summed E-state index contributed by atoms with van der Waals surface area (Å²) < 4.78 is 11.5. The number of hydrogen-bond acceptors (Lipinski definition) is 3. The van der Waals surface area contributed by atoms with E-state index in [0.29, 0.717) is 12.1 Å². The van der Waals surface area contributed by atoms with Crippen molar-refractivity contribution < 1.29 is 9.47 Å². The van der Waals surface area contributed by atoms with E-state index in [0.717, 1.165) is 32.6 Å². The first kappa shape index (κ1) is 9.44. The molecule has 13 heavy (non-hydrogen) atoms. The third-order valence-corrected chi connectivity index (χ3v) is 3.17. The van der Waals surface area contributed by atoms with Crippen molar-refractivity contribution in [1.29, 1.82) is 0 Å². The van der Waals surface area contributed by atoms with E-state index in [1.807, 2.05) is 0 Å². The largest absolute Gasteiger partial charge is 0.378 e. The third kappa shape index (κ3) is 1.87. The second kappa shape index (κ2) is 3.56. The summed E-state index contributed by atoms with van der Waals surface area (Å²) in [6.07, 6.45) is 2.57. The molecule has 2 heterocycles. The molecule has 2 aliphatic heterocycles. The first-order valence-electron chi connectivity index (χ1n) is 5.21. The molecule has 3 unspecified atom stereocenters. The number of rotatable bonds is 0. The van der Waals surface area contributed by atoms with Gasteiger partial charge in [-0.05, 0) is 26.7 Å². The first-order valence-corrected chi connectivity index (χ1v) is 5.21. The zero-order valence-corrected chi connectivity index (χ0v) is 8.51. The van der Waals surface area contributed by atoms with Crippen LogP contribution in [0.25, 0.3) is 0 Å². The lowest BCUT2D eigenvalue weighted by Crippen LogP contribution is -2.60. The summed E-state index contributed by atoms with van der Waals surface area (Å²) in [6.45, 7) is 6.90. The van der Waals surface area contributed by atoms with Gasteiger partial charge < -0.3 is 14.8 Å². The van der Waals surface area contributed by atoms with Crippen molar-refractivity contribution in [2.24, 2.45) is 0 Å². The van der Waals surface area contributed by atoms with Gasteiger partial charge in [0.05, 0.1) is 12.7 Å². The van der Waals surface area contributed by atoms with Crippen molar-refractivity contribution in [1.82, 2.24) is 5.32 Å². The SMILES string of the molecule is CC1NCC2(CCCOC2)OC1C. The molecule has 3 nitrogen and oxygen atoms in total. The van der Waals surface area contributed by atoms with Gasteiger partial charge in [-0.3, -0.25) is 0 Å². The lowest BCUT2D eigenvalue weighted by atomic mass is 9.93. The quantitative estimate of drug-likeness (QED) is 0.609. The highest BCUT2D eigenvalue weighted by molar-refractivity contribution is 4.92. The Morgan fingerprint density at radius 3 is 2.85 bits per heavy atom. The summed E-state index contributed by atoms with van der Waals surface area (Å²) in [5.74, 6) is 0. The lowest BCUT2D eigenvalue weighted by Gasteiger charge is -2.45. The van der Waals surface area contributed by atoms with Crippen molar-refractivity contribution in [2.75, 3.05) is 19.8 Å². The zero-order chi connectivity index (χ0) is 9.31. The number of ether oxygens (including phenoxy) is 2. The average Bonchev–Trinajstić information content (AvgIpc) is 2.14. The lowest BCUT2D eigenvalue weighted by molar-refractivity contribution is -0.178. The van der Waals surface area contributed by atoms with Gasteiger partial charge in [-0.25, -0.2) is 0 Å². The van der Waals surface area contributed by atoms with Gasteiger partial charge in [0, 0.05) is 19.2 Å². The second-order valence-corrected chi connectivity index (χ2v) is 4.33. The summed E-state index contributed by atoms with van der Waals surface area (Å²) in [5.41, 5.74) is -0.0236. The molecule has 2 saturated heterocycles. The first-order chi connectivity index (χ1) is 6.22.